The molecule has 1 heterocycles. The number of halogens is 1. The van der Waals surface area contributed by atoms with Gasteiger partial charge in [-0.05, 0) is 6.92 Å². The van der Waals surface area contributed by atoms with Gasteiger partial charge in [-0.25, -0.2) is 0 Å². The number of aromatic nitrogens is 2. The molecule has 0 spiro atoms. The molecule has 0 unspecified atom stereocenters. The fraction of sp³-hybridized carbons (Fsp3) is 0.429. The van der Waals surface area contributed by atoms with Crippen LogP contribution in [0.3, 0.4) is 0 Å². The average Bonchev–Trinajstić information content (AvgIpc) is 2.09. The second-order valence-corrected chi connectivity index (χ2v) is 2.12. The summed E-state index contributed by atoms with van der Waals surface area (Å²) in [6.45, 7) is 1.52. The number of aryl methyl sites for hydroxylation is 1. The Bertz CT molecular complexity index is 291. The molecular weight excluding hydrogens is 163 g/mol. The highest BCUT2D eigenvalue weighted by Gasteiger charge is 2.11. The van der Waals surface area contributed by atoms with E-state index in [0.717, 1.165) is 0 Å². The molecule has 0 fully saturated rings. The zero-order valence-electron chi connectivity index (χ0n) is 7.09. The van der Waals surface area contributed by atoms with Gasteiger partial charge in [0.2, 0.25) is 5.82 Å². The third kappa shape index (κ3) is 1.44. The van der Waals surface area contributed by atoms with Crippen molar-refractivity contribution in [2.24, 2.45) is 0 Å². The molecule has 5 heteroatoms. The van der Waals surface area contributed by atoms with E-state index in [2.05, 4.69) is 14.7 Å². The van der Waals surface area contributed by atoms with Gasteiger partial charge in [-0.1, -0.05) is 0 Å². The Morgan fingerprint density at radius 3 is 2.33 bits per heavy atom. The van der Waals surface area contributed by atoms with Gasteiger partial charge in [-0.2, -0.15) is 14.4 Å². The molecule has 66 valence electrons. The molecule has 0 aliphatic carbocycles. The summed E-state index contributed by atoms with van der Waals surface area (Å²) in [4.78, 5) is 7.35. The molecule has 0 aliphatic heterocycles. The fourth-order valence-corrected chi connectivity index (χ4v) is 0.735. The molecule has 1 rings (SSSR count). The van der Waals surface area contributed by atoms with Gasteiger partial charge in [0.05, 0.1) is 19.9 Å². The van der Waals surface area contributed by atoms with Crippen molar-refractivity contribution in [1.82, 2.24) is 9.97 Å². The summed E-state index contributed by atoms with van der Waals surface area (Å²) in [7, 11) is 2.75. The quantitative estimate of drug-likeness (QED) is 0.666. The van der Waals surface area contributed by atoms with Crippen LogP contribution in [0.5, 0.6) is 11.9 Å². The maximum absolute atomic E-state index is 13.0. The second kappa shape index (κ2) is 3.34. The first-order valence-corrected chi connectivity index (χ1v) is 3.31. The number of hydrogen-bond acceptors (Lipinski definition) is 4. The largest absolute Gasteiger partial charge is 0.479 e. The van der Waals surface area contributed by atoms with Gasteiger partial charge in [0, 0.05) is 0 Å². The van der Waals surface area contributed by atoms with E-state index in [-0.39, 0.29) is 17.6 Å². The molecule has 0 radical (unpaired) electrons. The first kappa shape index (κ1) is 8.70. The van der Waals surface area contributed by atoms with E-state index >= 15 is 0 Å². The Labute approximate surface area is 69.4 Å². The van der Waals surface area contributed by atoms with Gasteiger partial charge in [-0.3, -0.25) is 0 Å². The van der Waals surface area contributed by atoms with Crippen LogP contribution in [0.15, 0.2) is 0 Å². The first-order chi connectivity index (χ1) is 5.69. The Hall–Kier alpha value is -1.39. The van der Waals surface area contributed by atoms with Gasteiger partial charge >= 0.3 is 6.01 Å². The molecule has 0 atom stereocenters. The second-order valence-electron chi connectivity index (χ2n) is 2.12. The Morgan fingerprint density at radius 2 is 1.83 bits per heavy atom. The van der Waals surface area contributed by atoms with Gasteiger partial charge in [0.25, 0.3) is 5.88 Å². The van der Waals surface area contributed by atoms with E-state index in [1.54, 1.807) is 0 Å². The highest BCUT2D eigenvalue weighted by Crippen LogP contribution is 2.18. The minimum atomic E-state index is -0.557. The maximum atomic E-state index is 13.0. The van der Waals surface area contributed by atoms with Crippen LogP contribution in [0.1, 0.15) is 5.69 Å². The summed E-state index contributed by atoms with van der Waals surface area (Å²) in [5.74, 6) is -0.655. The highest BCUT2D eigenvalue weighted by atomic mass is 19.1. The summed E-state index contributed by atoms with van der Waals surface area (Å²) in [5.41, 5.74) is 0.207. The first-order valence-electron chi connectivity index (χ1n) is 3.31. The third-order valence-corrected chi connectivity index (χ3v) is 1.34. The number of nitrogens with zero attached hydrogens (tertiary/aromatic N) is 2. The number of rotatable bonds is 2. The summed E-state index contributed by atoms with van der Waals surface area (Å²) in [6.07, 6.45) is 0. The molecule has 0 saturated heterocycles. The molecule has 1 aromatic rings. The molecule has 4 nitrogen and oxygen atoms in total. The SMILES string of the molecule is COc1nc(C)c(F)c(OC)n1. The van der Waals surface area contributed by atoms with Crippen molar-refractivity contribution < 1.29 is 13.9 Å². The molecule has 0 saturated carbocycles. The van der Waals surface area contributed by atoms with Crippen molar-refractivity contribution in [3.05, 3.63) is 11.5 Å². The Kier molecular flexibility index (Phi) is 2.42. The lowest BCUT2D eigenvalue weighted by Gasteiger charge is -2.04. The van der Waals surface area contributed by atoms with Crippen LogP contribution in [-0.2, 0) is 0 Å². The highest BCUT2D eigenvalue weighted by molar-refractivity contribution is 5.20. The van der Waals surface area contributed by atoms with Gasteiger partial charge in [-0.15, -0.1) is 0 Å². The minimum absolute atomic E-state index is 0.0978. The number of methoxy groups -OCH3 is 2. The van der Waals surface area contributed by atoms with Crippen LogP contribution < -0.4 is 9.47 Å². The molecule has 12 heavy (non-hydrogen) atoms. The molecule has 0 amide bonds. The monoisotopic (exact) mass is 172 g/mol. The molecule has 0 aliphatic rings. The lowest BCUT2D eigenvalue weighted by atomic mass is 10.4. The average molecular weight is 172 g/mol. The zero-order chi connectivity index (χ0) is 9.14. The molecule has 0 bridgehead atoms. The van der Waals surface area contributed by atoms with Gasteiger partial charge < -0.3 is 9.47 Å². The fourth-order valence-electron chi connectivity index (χ4n) is 0.735. The molecule has 0 aromatic carbocycles. The molecule has 0 N–H and O–H groups in total. The molecular formula is C7H9FN2O2. The van der Waals surface area contributed by atoms with Crippen molar-refractivity contribution in [1.29, 1.82) is 0 Å². The Balaban J connectivity index is 3.19. The van der Waals surface area contributed by atoms with Crippen LogP contribution in [-0.4, -0.2) is 24.2 Å². The maximum Gasteiger partial charge on any atom is 0.319 e. The summed E-state index contributed by atoms with van der Waals surface area (Å²) < 4.78 is 22.4. The van der Waals surface area contributed by atoms with E-state index in [0.29, 0.717) is 0 Å². The summed E-state index contributed by atoms with van der Waals surface area (Å²) in [6, 6.07) is 0.103. The van der Waals surface area contributed by atoms with Crippen molar-refractivity contribution in [2.45, 2.75) is 6.92 Å². The van der Waals surface area contributed by atoms with E-state index in [1.165, 1.54) is 21.1 Å². The van der Waals surface area contributed by atoms with Gasteiger partial charge in [0.15, 0.2) is 0 Å². The normalized spacial score (nSPS) is 9.67. The van der Waals surface area contributed by atoms with Crippen molar-refractivity contribution in [3.8, 4) is 11.9 Å². The molecule has 1 aromatic heterocycles. The van der Waals surface area contributed by atoms with Gasteiger partial charge in [0.1, 0.15) is 0 Å². The van der Waals surface area contributed by atoms with Crippen LogP contribution >= 0.6 is 0 Å². The predicted octanol–water partition coefficient (Wildman–Crippen LogP) is 0.941. The predicted molar refractivity (Wildman–Crippen MR) is 39.8 cm³/mol. The number of hydrogen-bond donors (Lipinski definition) is 0. The summed E-state index contributed by atoms with van der Waals surface area (Å²) >= 11 is 0. The van der Waals surface area contributed by atoms with Crippen molar-refractivity contribution in [3.63, 3.8) is 0 Å². The van der Waals surface area contributed by atoms with Crippen LogP contribution in [0.4, 0.5) is 4.39 Å². The standard InChI is InChI=1S/C7H9FN2O2/c1-4-5(8)6(11-2)10-7(9-4)12-3/h1-3H3. The lowest BCUT2D eigenvalue weighted by molar-refractivity contribution is 0.331. The third-order valence-electron chi connectivity index (χ3n) is 1.34. The minimum Gasteiger partial charge on any atom is -0.479 e. The summed E-state index contributed by atoms with van der Waals surface area (Å²) in [5, 5.41) is 0. The Morgan fingerprint density at radius 1 is 1.17 bits per heavy atom. The van der Waals surface area contributed by atoms with E-state index in [9.17, 15) is 4.39 Å². The smallest absolute Gasteiger partial charge is 0.319 e. The van der Waals surface area contributed by atoms with Crippen LogP contribution in [0, 0.1) is 12.7 Å². The van der Waals surface area contributed by atoms with Crippen molar-refractivity contribution in [2.75, 3.05) is 14.2 Å². The van der Waals surface area contributed by atoms with E-state index < -0.39 is 5.82 Å². The van der Waals surface area contributed by atoms with Crippen LogP contribution in [0.2, 0.25) is 0 Å². The lowest BCUT2D eigenvalue weighted by Crippen LogP contribution is -2.01. The zero-order valence-corrected chi connectivity index (χ0v) is 7.09. The van der Waals surface area contributed by atoms with Crippen molar-refractivity contribution >= 4 is 0 Å². The topological polar surface area (TPSA) is 44.2 Å². The number of ether oxygens (including phenoxy) is 2. The van der Waals surface area contributed by atoms with E-state index in [4.69, 9.17) is 4.74 Å². The van der Waals surface area contributed by atoms with E-state index in [1.807, 2.05) is 0 Å². The van der Waals surface area contributed by atoms with Crippen LogP contribution in [0.25, 0.3) is 0 Å².